The Balaban J connectivity index is 3.16. The molecule has 1 heterocycles. The summed E-state index contributed by atoms with van der Waals surface area (Å²) in [5.41, 5.74) is 0. The first kappa shape index (κ1) is 18.5. The zero-order chi connectivity index (χ0) is 16.3. The van der Waals surface area contributed by atoms with Crippen LogP contribution in [0.15, 0.2) is 20.0 Å². The highest BCUT2D eigenvalue weighted by molar-refractivity contribution is 9.10. The van der Waals surface area contributed by atoms with Crippen LogP contribution in [0, 0.1) is 0 Å². The minimum Gasteiger partial charge on any atom is -0.452 e. The molecular formula is C11H16BrF3N2O3S. The first-order valence-electron chi connectivity index (χ1n) is 6.11. The van der Waals surface area contributed by atoms with E-state index in [-0.39, 0.29) is 29.1 Å². The van der Waals surface area contributed by atoms with Gasteiger partial charge in [0.25, 0.3) is 0 Å². The molecule has 122 valence electrons. The van der Waals surface area contributed by atoms with Crippen molar-refractivity contribution in [2.24, 2.45) is 0 Å². The monoisotopic (exact) mass is 392 g/mol. The van der Waals surface area contributed by atoms with Crippen molar-refractivity contribution in [2.75, 3.05) is 20.1 Å². The summed E-state index contributed by atoms with van der Waals surface area (Å²) in [6.45, 7) is 0.125. The lowest BCUT2D eigenvalue weighted by molar-refractivity contribution is -0.136. The van der Waals surface area contributed by atoms with E-state index in [2.05, 4.69) is 21.2 Å². The molecule has 0 aromatic carbocycles. The lowest BCUT2D eigenvalue weighted by Crippen LogP contribution is -2.39. The molecule has 21 heavy (non-hydrogen) atoms. The molecule has 0 spiro atoms. The molecule has 0 aliphatic heterocycles. The van der Waals surface area contributed by atoms with E-state index in [9.17, 15) is 21.6 Å². The maximum Gasteiger partial charge on any atom is 0.402 e. The molecule has 0 atom stereocenters. The fourth-order valence-electron chi connectivity index (χ4n) is 1.71. The molecule has 1 aromatic heterocycles. The predicted octanol–water partition coefficient (Wildman–Crippen LogP) is 2.72. The van der Waals surface area contributed by atoms with Crippen molar-refractivity contribution in [1.82, 2.24) is 9.62 Å². The van der Waals surface area contributed by atoms with Crippen molar-refractivity contribution in [3.63, 3.8) is 0 Å². The molecule has 0 aliphatic carbocycles. The molecule has 0 saturated heterocycles. The van der Waals surface area contributed by atoms with Gasteiger partial charge >= 0.3 is 6.18 Å². The van der Waals surface area contributed by atoms with Gasteiger partial charge in [-0.3, -0.25) is 0 Å². The summed E-state index contributed by atoms with van der Waals surface area (Å²) >= 11 is 2.94. The number of nitrogens with one attached hydrogen (secondary N) is 1. The summed E-state index contributed by atoms with van der Waals surface area (Å²) in [5.74, 6) is 0.311. The molecule has 0 aliphatic rings. The van der Waals surface area contributed by atoms with Gasteiger partial charge in [0.15, 0.2) is 4.67 Å². The number of hydrogen-bond acceptors (Lipinski definition) is 4. The quantitative estimate of drug-likeness (QED) is 0.774. The summed E-state index contributed by atoms with van der Waals surface area (Å²) in [5, 5.41) is 2.77. The molecule has 0 saturated carbocycles. The lowest BCUT2D eigenvalue weighted by atomic mass is 10.4. The average molecular weight is 393 g/mol. The number of nitrogens with zero attached hydrogens (tertiary/aromatic N) is 1. The van der Waals surface area contributed by atoms with E-state index in [1.54, 1.807) is 14.0 Å². The normalized spacial score (nSPS) is 13.1. The van der Waals surface area contributed by atoms with Gasteiger partial charge in [0.1, 0.15) is 17.2 Å². The van der Waals surface area contributed by atoms with Gasteiger partial charge in [-0.1, -0.05) is 6.92 Å². The average Bonchev–Trinajstić information content (AvgIpc) is 2.69. The van der Waals surface area contributed by atoms with Crippen LogP contribution in [0.25, 0.3) is 0 Å². The number of alkyl halides is 3. The second-order valence-electron chi connectivity index (χ2n) is 4.33. The molecular weight excluding hydrogens is 377 g/mol. The van der Waals surface area contributed by atoms with Gasteiger partial charge in [0, 0.05) is 12.6 Å². The Bertz CT molecular complexity index is 572. The van der Waals surface area contributed by atoms with Crippen LogP contribution >= 0.6 is 15.9 Å². The number of furan rings is 1. The van der Waals surface area contributed by atoms with E-state index in [1.165, 1.54) is 6.07 Å². The molecule has 10 heteroatoms. The Morgan fingerprint density at radius 2 is 2.05 bits per heavy atom. The van der Waals surface area contributed by atoms with Crippen LogP contribution in [-0.4, -0.2) is 39.0 Å². The van der Waals surface area contributed by atoms with Crippen LogP contribution in [0.2, 0.25) is 0 Å². The van der Waals surface area contributed by atoms with E-state index in [4.69, 9.17) is 4.42 Å². The van der Waals surface area contributed by atoms with Crippen LogP contribution in [0.4, 0.5) is 13.2 Å². The molecule has 0 amide bonds. The Hall–Kier alpha value is -0.580. The van der Waals surface area contributed by atoms with Crippen molar-refractivity contribution < 1.29 is 26.0 Å². The maximum absolute atomic E-state index is 12.6. The van der Waals surface area contributed by atoms with Gasteiger partial charge in [-0.15, -0.1) is 0 Å². The van der Waals surface area contributed by atoms with Gasteiger partial charge in [-0.25, -0.2) is 8.42 Å². The third-order valence-corrected chi connectivity index (χ3v) is 5.21. The zero-order valence-corrected chi connectivity index (χ0v) is 13.9. The Morgan fingerprint density at radius 1 is 1.43 bits per heavy atom. The molecule has 0 unspecified atom stereocenters. The number of halogens is 4. The van der Waals surface area contributed by atoms with Gasteiger partial charge in [0.05, 0.1) is 6.54 Å². The molecule has 5 nitrogen and oxygen atoms in total. The van der Waals surface area contributed by atoms with E-state index in [0.29, 0.717) is 10.1 Å². The largest absolute Gasteiger partial charge is 0.452 e. The van der Waals surface area contributed by atoms with Crippen molar-refractivity contribution in [1.29, 1.82) is 0 Å². The van der Waals surface area contributed by atoms with Crippen LogP contribution in [0.3, 0.4) is 0 Å². The van der Waals surface area contributed by atoms with Crippen LogP contribution < -0.4 is 5.32 Å². The molecule has 1 N–H and O–H groups in total. The smallest absolute Gasteiger partial charge is 0.402 e. The van der Waals surface area contributed by atoms with Crippen LogP contribution in [0.1, 0.15) is 19.1 Å². The molecule has 0 fully saturated rings. The molecule has 0 radical (unpaired) electrons. The number of hydrogen-bond donors (Lipinski definition) is 1. The van der Waals surface area contributed by atoms with E-state index >= 15 is 0 Å². The summed E-state index contributed by atoms with van der Waals surface area (Å²) < 4.78 is 67.8. The fraction of sp³-hybridized carbons (Fsp3) is 0.636. The summed E-state index contributed by atoms with van der Waals surface area (Å²) in [6, 6.07) is 1.22. The minimum atomic E-state index is -4.60. The summed E-state index contributed by atoms with van der Waals surface area (Å²) in [7, 11) is -2.64. The third kappa shape index (κ3) is 4.97. The minimum absolute atomic E-state index is 0.101. The van der Waals surface area contributed by atoms with E-state index in [0.717, 1.165) is 0 Å². The van der Waals surface area contributed by atoms with Gasteiger partial charge in [-0.05, 0) is 29.4 Å². The molecule has 1 rings (SSSR count). The Labute approximate surface area is 129 Å². The highest BCUT2D eigenvalue weighted by atomic mass is 79.9. The van der Waals surface area contributed by atoms with Crippen molar-refractivity contribution in [3.05, 3.63) is 16.5 Å². The molecule has 0 bridgehead atoms. The van der Waals surface area contributed by atoms with Gasteiger partial charge in [0.2, 0.25) is 10.0 Å². The summed E-state index contributed by atoms with van der Waals surface area (Å²) in [6.07, 6.45) is -4.33. The highest BCUT2D eigenvalue weighted by Crippen LogP contribution is 2.30. The first-order chi connectivity index (χ1) is 9.61. The predicted molar refractivity (Wildman–Crippen MR) is 74.3 cm³/mol. The Morgan fingerprint density at radius 3 is 2.52 bits per heavy atom. The van der Waals surface area contributed by atoms with Crippen LogP contribution in [0.5, 0.6) is 0 Å². The molecule has 1 aromatic rings. The Kier molecular flexibility index (Phi) is 6.26. The summed E-state index contributed by atoms with van der Waals surface area (Å²) in [4.78, 5) is -0.301. The highest BCUT2D eigenvalue weighted by Gasteiger charge is 2.38. The third-order valence-electron chi connectivity index (χ3n) is 2.50. The second-order valence-corrected chi connectivity index (χ2v) is 6.96. The van der Waals surface area contributed by atoms with E-state index in [1.807, 2.05) is 0 Å². The number of sulfonamides is 1. The first-order valence-corrected chi connectivity index (χ1v) is 8.34. The van der Waals surface area contributed by atoms with Crippen LogP contribution in [-0.2, 0) is 16.6 Å². The van der Waals surface area contributed by atoms with Gasteiger partial charge in [-0.2, -0.15) is 17.5 Å². The van der Waals surface area contributed by atoms with Crippen molar-refractivity contribution in [3.8, 4) is 0 Å². The lowest BCUT2D eigenvalue weighted by Gasteiger charge is -2.22. The zero-order valence-electron chi connectivity index (χ0n) is 11.5. The SMILES string of the molecule is CCCN(CC(F)(F)F)S(=O)(=O)c1cc(CNC)oc1Br. The number of rotatable bonds is 7. The topological polar surface area (TPSA) is 62.6 Å². The fourth-order valence-corrected chi connectivity index (χ4v) is 4.19. The van der Waals surface area contributed by atoms with Crippen molar-refractivity contribution in [2.45, 2.75) is 31.0 Å². The maximum atomic E-state index is 12.6. The second kappa shape index (κ2) is 7.12. The standard InChI is InChI=1S/C11H16BrF3N2O3S/c1-3-4-17(7-11(13,14)15)21(18,19)9-5-8(6-16-2)20-10(9)12/h5,16H,3-4,6-7H2,1-2H3. The van der Waals surface area contributed by atoms with E-state index < -0.39 is 22.7 Å². The van der Waals surface area contributed by atoms with Crippen molar-refractivity contribution >= 4 is 26.0 Å². The van der Waals surface area contributed by atoms with Gasteiger partial charge < -0.3 is 9.73 Å².